The van der Waals surface area contributed by atoms with Gasteiger partial charge in [-0.05, 0) is 52.2 Å². The molecule has 1 aromatic heterocycles. The van der Waals surface area contributed by atoms with Gasteiger partial charge in [-0.1, -0.05) is 0 Å². The van der Waals surface area contributed by atoms with E-state index >= 15 is 0 Å². The van der Waals surface area contributed by atoms with Gasteiger partial charge >= 0.3 is 0 Å². The van der Waals surface area contributed by atoms with Crippen LogP contribution in [0.3, 0.4) is 0 Å². The Bertz CT molecular complexity index is 429. The molecule has 1 atom stereocenters. The van der Waals surface area contributed by atoms with Gasteiger partial charge in [0.05, 0.1) is 0 Å². The number of aromatic amines is 1. The Kier molecular flexibility index (Phi) is 4.75. The number of nitrogens with one attached hydrogen (secondary N) is 2. The summed E-state index contributed by atoms with van der Waals surface area (Å²) in [4.78, 5) is 9.15. The monoisotopic (exact) mass is 292 g/mol. The van der Waals surface area contributed by atoms with Gasteiger partial charge < -0.3 is 15.1 Å². The molecule has 118 valence electrons. The Morgan fingerprint density at radius 3 is 2.71 bits per heavy atom. The van der Waals surface area contributed by atoms with Gasteiger partial charge in [-0.2, -0.15) is 4.98 Å². The maximum Gasteiger partial charge on any atom is 0.244 e. The van der Waals surface area contributed by atoms with Gasteiger partial charge in [0.1, 0.15) is 5.82 Å². The molecule has 0 amide bonds. The molecule has 0 spiro atoms. The van der Waals surface area contributed by atoms with Crippen LogP contribution < -0.4 is 10.2 Å². The van der Waals surface area contributed by atoms with E-state index in [1.165, 1.54) is 32.2 Å². The number of hydrogen-bond donors (Lipinski definition) is 2. The van der Waals surface area contributed by atoms with E-state index in [0.29, 0.717) is 0 Å². The molecule has 2 N–H and O–H groups in total. The fourth-order valence-corrected chi connectivity index (χ4v) is 3.48. The summed E-state index contributed by atoms with van der Waals surface area (Å²) in [6.45, 7) is 4.40. The normalized spacial score (nSPS) is 24.1. The van der Waals surface area contributed by atoms with Crippen molar-refractivity contribution in [3.8, 4) is 0 Å². The zero-order chi connectivity index (χ0) is 14.7. The summed E-state index contributed by atoms with van der Waals surface area (Å²) in [7, 11) is 4.16. The fourth-order valence-electron chi connectivity index (χ4n) is 3.48. The van der Waals surface area contributed by atoms with E-state index < -0.39 is 0 Å². The van der Waals surface area contributed by atoms with Crippen molar-refractivity contribution in [1.29, 1.82) is 0 Å². The minimum atomic E-state index is 0.759. The Balaban J connectivity index is 1.49. The predicted molar refractivity (Wildman–Crippen MR) is 84.6 cm³/mol. The van der Waals surface area contributed by atoms with E-state index in [1.54, 1.807) is 0 Å². The van der Waals surface area contributed by atoms with Crippen LogP contribution in [0, 0.1) is 5.92 Å². The average Bonchev–Trinajstić information content (AvgIpc) is 3.17. The molecule has 1 unspecified atom stereocenters. The lowest BCUT2D eigenvalue weighted by atomic mass is 9.89. The Morgan fingerprint density at radius 2 is 2.05 bits per heavy atom. The first-order valence-corrected chi connectivity index (χ1v) is 8.27. The second kappa shape index (κ2) is 6.75. The molecule has 3 heterocycles. The molecule has 3 rings (SSSR count). The second-order valence-corrected chi connectivity index (χ2v) is 6.66. The number of nitrogens with zero attached hydrogens (tertiary/aromatic N) is 4. The second-order valence-electron chi connectivity index (χ2n) is 6.66. The summed E-state index contributed by atoms with van der Waals surface area (Å²) in [6, 6.07) is 0.759. The van der Waals surface area contributed by atoms with E-state index in [9.17, 15) is 0 Å². The van der Waals surface area contributed by atoms with Gasteiger partial charge in [-0.25, -0.2) is 0 Å². The first kappa shape index (κ1) is 14.8. The maximum atomic E-state index is 4.65. The first-order chi connectivity index (χ1) is 10.2. The molecule has 2 aliphatic rings. The molecule has 0 bridgehead atoms. The molecule has 0 radical (unpaired) electrons. The van der Waals surface area contributed by atoms with Crippen molar-refractivity contribution in [2.45, 2.75) is 38.1 Å². The highest BCUT2D eigenvalue weighted by Crippen LogP contribution is 2.27. The van der Waals surface area contributed by atoms with Crippen molar-refractivity contribution in [3.05, 3.63) is 5.82 Å². The topological polar surface area (TPSA) is 60.1 Å². The summed E-state index contributed by atoms with van der Waals surface area (Å²) in [6.07, 6.45) is 6.17. The van der Waals surface area contributed by atoms with Crippen molar-refractivity contribution in [3.63, 3.8) is 0 Å². The average molecular weight is 292 g/mol. The Labute approximate surface area is 127 Å². The summed E-state index contributed by atoms with van der Waals surface area (Å²) in [5.41, 5.74) is 0. The SMILES string of the molecule is CN(C)CCc1nc(N2CCC(C3CCCN3)CC2)n[nH]1. The van der Waals surface area contributed by atoms with Crippen LogP contribution in [-0.4, -0.2) is 66.4 Å². The minimum Gasteiger partial charge on any atom is -0.340 e. The van der Waals surface area contributed by atoms with Crippen molar-refractivity contribution in [1.82, 2.24) is 25.4 Å². The van der Waals surface area contributed by atoms with Crippen LogP contribution in [0.5, 0.6) is 0 Å². The van der Waals surface area contributed by atoms with Crippen LogP contribution >= 0.6 is 0 Å². The van der Waals surface area contributed by atoms with Crippen LogP contribution in [-0.2, 0) is 6.42 Å². The fraction of sp³-hybridized carbons (Fsp3) is 0.867. The highest BCUT2D eigenvalue weighted by Gasteiger charge is 2.29. The van der Waals surface area contributed by atoms with Crippen LogP contribution in [0.25, 0.3) is 0 Å². The van der Waals surface area contributed by atoms with E-state index in [2.05, 4.69) is 44.4 Å². The Morgan fingerprint density at radius 1 is 1.24 bits per heavy atom. The van der Waals surface area contributed by atoms with Gasteiger partial charge in [-0.3, -0.25) is 5.10 Å². The van der Waals surface area contributed by atoms with Gasteiger partial charge in [0.2, 0.25) is 5.95 Å². The lowest BCUT2D eigenvalue weighted by Gasteiger charge is -2.34. The van der Waals surface area contributed by atoms with Crippen molar-refractivity contribution in [2.75, 3.05) is 45.2 Å². The predicted octanol–water partition coefficient (Wildman–Crippen LogP) is 0.877. The molecular weight excluding hydrogens is 264 g/mol. The number of hydrogen-bond acceptors (Lipinski definition) is 5. The molecule has 6 heteroatoms. The molecular formula is C15H28N6. The van der Waals surface area contributed by atoms with Gasteiger partial charge in [0, 0.05) is 32.1 Å². The molecule has 0 saturated carbocycles. The quantitative estimate of drug-likeness (QED) is 0.843. The van der Waals surface area contributed by atoms with Crippen molar-refractivity contribution < 1.29 is 0 Å². The van der Waals surface area contributed by atoms with Crippen molar-refractivity contribution >= 4 is 5.95 Å². The van der Waals surface area contributed by atoms with Crippen LogP contribution in [0.2, 0.25) is 0 Å². The number of aromatic nitrogens is 3. The zero-order valence-electron chi connectivity index (χ0n) is 13.3. The molecule has 2 saturated heterocycles. The number of H-pyrrole nitrogens is 1. The lowest BCUT2D eigenvalue weighted by molar-refractivity contribution is 0.317. The third-order valence-electron chi connectivity index (χ3n) is 4.81. The van der Waals surface area contributed by atoms with E-state index in [4.69, 9.17) is 0 Å². The van der Waals surface area contributed by atoms with Crippen LogP contribution in [0.4, 0.5) is 5.95 Å². The third kappa shape index (κ3) is 3.74. The molecule has 2 aliphatic heterocycles. The van der Waals surface area contributed by atoms with E-state index in [1.807, 2.05) is 0 Å². The van der Waals surface area contributed by atoms with Gasteiger partial charge in [0.15, 0.2) is 0 Å². The molecule has 2 fully saturated rings. The summed E-state index contributed by atoms with van der Waals surface area (Å²) in [5.74, 6) is 2.73. The zero-order valence-corrected chi connectivity index (χ0v) is 13.3. The van der Waals surface area contributed by atoms with E-state index in [0.717, 1.165) is 49.8 Å². The van der Waals surface area contributed by atoms with Crippen LogP contribution in [0.1, 0.15) is 31.5 Å². The third-order valence-corrected chi connectivity index (χ3v) is 4.81. The smallest absolute Gasteiger partial charge is 0.244 e. The largest absolute Gasteiger partial charge is 0.340 e. The highest BCUT2D eigenvalue weighted by molar-refractivity contribution is 5.29. The minimum absolute atomic E-state index is 0.759. The highest BCUT2D eigenvalue weighted by atomic mass is 15.4. The first-order valence-electron chi connectivity index (χ1n) is 8.27. The summed E-state index contributed by atoms with van der Waals surface area (Å²) >= 11 is 0. The standard InChI is InChI=1S/C15H28N6/c1-20(2)9-7-14-17-15(19-18-14)21-10-5-12(6-11-21)13-4-3-8-16-13/h12-13,16H,3-11H2,1-2H3,(H,17,18,19). The number of piperidine rings is 1. The van der Waals surface area contributed by atoms with E-state index in [-0.39, 0.29) is 0 Å². The van der Waals surface area contributed by atoms with Gasteiger partial charge in [-0.15, -0.1) is 5.10 Å². The van der Waals surface area contributed by atoms with Gasteiger partial charge in [0.25, 0.3) is 0 Å². The molecule has 0 aromatic carbocycles. The van der Waals surface area contributed by atoms with Crippen molar-refractivity contribution in [2.24, 2.45) is 5.92 Å². The molecule has 1 aromatic rings. The molecule has 21 heavy (non-hydrogen) atoms. The molecule has 6 nitrogen and oxygen atoms in total. The summed E-state index contributed by atoms with van der Waals surface area (Å²) < 4.78 is 0. The summed E-state index contributed by atoms with van der Waals surface area (Å²) in [5, 5.41) is 11.1. The number of likely N-dealkylation sites (N-methyl/N-ethyl adjacent to an activating group) is 1. The van der Waals surface area contributed by atoms with Crippen LogP contribution in [0.15, 0.2) is 0 Å². The molecule has 0 aliphatic carbocycles. The number of rotatable bonds is 5. The Hall–Kier alpha value is -1.14. The maximum absolute atomic E-state index is 4.65. The number of anilines is 1. The lowest BCUT2D eigenvalue weighted by Crippen LogP contribution is -2.41.